The average Bonchev–Trinajstić information content (AvgIpc) is 3.46. The number of nitrogens with zero attached hydrogens (tertiary/aromatic N) is 1. The molecule has 1 N–H and O–H groups in total. The van der Waals surface area contributed by atoms with Crippen molar-refractivity contribution in [1.82, 2.24) is 9.88 Å². The van der Waals surface area contributed by atoms with Crippen LogP contribution in [0, 0.1) is 13.8 Å². The van der Waals surface area contributed by atoms with Crippen molar-refractivity contribution in [3.05, 3.63) is 52.3 Å². The molecular weight excluding hydrogens is 344 g/mol. The summed E-state index contributed by atoms with van der Waals surface area (Å²) in [5.74, 6) is 0.393. The van der Waals surface area contributed by atoms with Gasteiger partial charge in [-0.05, 0) is 49.9 Å². The molecular formula is C21H26N2O4. The second kappa shape index (κ2) is 7.96. The fourth-order valence-electron chi connectivity index (χ4n) is 3.42. The van der Waals surface area contributed by atoms with Crippen LogP contribution in [0.5, 0.6) is 5.75 Å². The third-order valence-corrected chi connectivity index (χ3v) is 5.06. The molecule has 3 rings (SSSR count). The topological polar surface area (TPSA) is 71.6 Å². The van der Waals surface area contributed by atoms with Crippen LogP contribution in [0.4, 0.5) is 0 Å². The first-order chi connectivity index (χ1) is 12.9. The number of ketones is 1. The number of H-pyrrole nitrogens is 1. The van der Waals surface area contributed by atoms with E-state index in [2.05, 4.69) is 9.88 Å². The lowest BCUT2D eigenvalue weighted by Crippen LogP contribution is -2.32. The number of ether oxygens (including phenoxy) is 2. The molecule has 27 heavy (non-hydrogen) atoms. The van der Waals surface area contributed by atoms with Crippen LogP contribution in [0.15, 0.2) is 24.3 Å². The lowest BCUT2D eigenvalue weighted by atomic mass is 10.1. The molecule has 1 saturated carbocycles. The normalized spacial score (nSPS) is 13.7. The number of aryl methyl sites for hydroxylation is 1. The highest BCUT2D eigenvalue weighted by atomic mass is 16.5. The van der Waals surface area contributed by atoms with E-state index >= 15 is 0 Å². The Morgan fingerprint density at radius 1 is 1.15 bits per heavy atom. The second-order valence-corrected chi connectivity index (χ2v) is 7.02. The third kappa shape index (κ3) is 4.22. The summed E-state index contributed by atoms with van der Waals surface area (Å²) in [6.07, 6.45) is 2.22. The van der Waals surface area contributed by atoms with Crippen molar-refractivity contribution in [3.63, 3.8) is 0 Å². The van der Waals surface area contributed by atoms with Crippen LogP contribution in [-0.4, -0.2) is 48.4 Å². The van der Waals surface area contributed by atoms with Crippen molar-refractivity contribution in [1.29, 1.82) is 0 Å². The van der Waals surface area contributed by atoms with Crippen molar-refractivity contribution < 1.29 is 19.1 Å². The summed E-state index contributed by atoms with van der Waals surface area (Å²) < 4.78 is 10.0. The monoisotopic (exact) mass is 370 g/mol. The fraction of sp³-hybridized carbons (Fsp3) is 0.429. The number of carbonyl (C=O) groups excluding carboxylic acids is 2. The summed E-state index contributed by atoms with van der Waals surface area (Å²) >= 11 is 0. The number of hydrogen-bond donors (Lipinski definition) is 1. The molecule has 2 aromatic rings. The molecule has 1 aliphatic rings. The number of nitrogens with one attached hydrogen (secondary N) is 1. The molecule has 1 fully saturated rings. The minimum atomic E-state index is -0.419. The Balaban J connectivity index is 1.75. The van der Waals surface area contributed by atoms with E-state index in [1.165, 1.54) is 7.11 Å². The zero-order valence-electron chi connectivity index (χ0n) is 16.3. The van der Waals surface area contributed by atoms with Gasteiger partial charge < -0.3 is 14.5 Å². The molecule has 0 radical (unpaired) electrons. The molecule has 0 amide bonds. The van der Waals surface area contributed by atoms with Crippen LogP contribution in [-0.2, 0) is 11.3 Å². The molecule has 6 heteroatoms. The minimum Gasteiger partial charge on any atom is -0.497 e. The Labute approximate surface area is 159 Å². The maximum absolute atomic E-state index is 12.9. The molecule has 0 saturated heterocycles. The second-order valence-electron chi connectivity index (χ2n) is 7.02. The first-order valence-electron chi connectivity index (χ1n) is 9.12. The van der Waals surface area contributed by atoms with Gasteiger partial charge >= 0.3 is 5.97 Å². The van der Waals surface area contributed by atoms with Crippen LogP contribution in [0.3, 0.4) is 0 Å². The smallest absolute Gasteiger partial charge is 0.339 e. The van der Waals surface area contributed by atoms with Crippen molar-refractivity contribution in [2.45, 2.75) is 39.3 Å². The van der Waals surface area contributed by atoms with E-state index in [9.17, 15) is 9.59 Å². The Hall–Kier alpha value is -2.60. The highest BCUT2D eigenvalue weighted by Crippen LogP contribution is 2.29. The van der Waals surface area contributed by atoms with Gasteiger partial charge in [0.05, 0.1) is 32.0 Å². The standard InChI is InChI=1S/C21H26N2O4/c1-13-19(21(25)27-4)14(2)22-20(13)18(24)12-23(16-7-8-16)11-15-5-9-17(26-3)10-6-15/h5-6,9-10,16,22H,7-8,11-12H2,1-4H3. The van der Waals surface area contributed by atoms with Gasteiger partial charge in [-0.15, -0.1) is 0 Å². The van der Waals surface area contributed by atoms with Gasteiger partial charge in [0, 0.05) is 18.3 Å². The maximum atomic E-state index is 12.9. The summed E-state index contributed by atoms with van der Waals surface area (Å²) in [4.78, 5) is 30.2. The van der Waals surface area contributed by atoms with Crippen molar-refractivity contribution in [2.24, 2.45) is 0 Å². The largest absolute Gasteiger partial charge is 0.497 e. The van der Waals surface area contributed by atoms with E-state index in [0.717, 1.165) is 24.2 Å². The molecule has 0 bridgehead atoms. The molecule has 0 spiro atoms. The number of hydrogen-bond acceptors (Lipinski definition) is 5. The SMILES string of the molecule is COC(=O)c1c(C)[nH]c(C(=O)CN(Cc2ccc(OC)cc2)C2CC2)c1C. The van der Waals surface area contributed by atoms with Gasteiger partial charge in [-0.25, -0.2) is 4.79 Å². The number of rotatable bonds is 8. The maximum Gasteiger partial charge on any atom is 0.339 e. The quantitative estimate of drug-likeness (QED) is 0.570. The first kappa shape index (κ1) is 19.2. The number of benzene rings is 1. The number of carbonyl (C=O) groups is 2. The van der Waals surface area contributed by atoms with Crippen molar-refractivity contribution >= 4 is 11.8 Å². The third-order valence-electron chi connectivity index (χ3n) is 5.06. The van der Waals surface area contributed by atoms with Gasteiger partial charge in [-0.1, -0.05) is 12.1 Å². The van der Waals surface area contributed by atoms with E-state index < -0.39 is 5.97 Å². The Morgan fingerprint density at radius 3 is 2.37 bits per heavy atom. The Bertz CT molecular complexity index is 835. The highest BCUT2D eigenvalue weighted by molar-refractivity contribution is 6.02. The lowest BCUT2D eigenvalue weighted by Gasteiger charge is -2.21. The van der Waals surface area contributed by atoms with Crippen LogP contribution in [0.1, 0.15) is 50.5 Å². The lowest BCUT2D eigenvalue weighted by molar-refractivity contribution is 0.0599. The van der Waals surface area contributed by atoms with Gasteiger partial charge in [0.1, 0.15) is 5.75 Å². The molecule has 1 aromatic heterocycles. The zero-order chi connectivity index (χ0) is 19.6. The van der Waals surface area contributed by atoms with Crippen molar-refractivity contribution in [2.75, 3.05) is 20.8 Å². The van der Waals surface area contributed by atoms with Crippen LogP contribution < -0.4 is 4.74 Å². The summed E-state index contributed by atoms with van der Waals surface area (Å²) in [7, 11) is 2.99. The number of Topliss-reactive ketones (excluding diaryl/α,β-unsaturated/α-hetero) is 1. The van der Waals surface area contributed by atoms with Gasteiger partial charge in [0.2, 0.25) is 0 Å². The summed E-state index contributed by atoms with van der Waals surface area (Å²) in [6, 6.07) is 8.36. The molecule has 0 unspecified atom stereocenters. The number of methoxy groups -OCH3 is 2. The first-order valence-corrected chi connectivity index (χ1v) is 9.12. The van der Waals surface area contributed by atoms with Crippen molar-refractivity contribution in [3.8, 4) is 5.75 Å². The van der Waals surface area contributed by atoms with Crippen LogP contribution in [0.25, 0.3) is 0 Å². The minimum absolute atomic E-state index is 0.00818. The van der Waals surface area contributed by atoms with Gasteiger partial charge in [-0.2, -0.15) is 0 Å². The molecule has 6 nitrogen and oxygen atoms in total. The average molecular weight is 370 g/mol. The summed E-state index contributed by atoms with van der Waals surface area (Å²) in [5.41, 5.74) is 3.41. The number of esters is 1. The van der Waals surface area contributed by atoms with Gasteiger partial charge in [-0.3, -0.25) is 9.69 Å². The molecule has 144 valence electrons. The number of aromatic nitrogens is 1. The number of aromatic amines is 1. The molecule has 0 aliphatic heterocycles. The molecule has 1 aliphatic carbocycles. The fourth-order valence-corrected chi connectivity index (χ4v) is 3.42. The van der Waals surface area contributed by atoms with Crippen LogP contribution in [0.2, 0.25) is 0 Å². The summed E-state index contributed by atoms with van der Waals surface area (Å²) in [6.45, 7) is 4.60. The Morgan fingerprint density at radius 2 is 1.81 bits per heavy atom. The van der Waals surface area contributed by atoms with Gasteiger partial charge in [0.15, 0.2) is 5.78 Å². The van der Waals surface area contributed by atoms with Gasteiger partial charge in [0.25, 0.3) is 0 Å². The van der Waals surface area contributed by atoms with E-state index in [0.29, 0.717) is 41.6 Å². The predicted octanol–water partition coefficient (Wildman–Crippen LogP) is 3.27. The van der Waals surface area contributed by atoms with Crippen LogP contribution >= 0.6 is 0 Å². The van der Waals surface area contributed by atoms with E-state index in [1.807, 2.05) is 24.3 Å². The predicted molar refractivity (Wildman–Crippen MR) is 102 cm³/mol. The molecule has 0 atom stereocenters. The molecule has 1 heterocycles. The Kier molecular flexibility index (Phi) is 5.65. The van der Waals surface area contributed by atoms with E-state index in [1.54, 1.807) is 21.0 Å². The zero-order valence-corrected chi connectivity index (χ0v) is 16.3. The summed E-state index contributed by atoms with van der Waals surface area (Å²) in [5, 5.41) is 0. The highest BCUT2D eigenvalue weighted by Gasteiger charge is 2.32. The molecule has 1 aromatic carbocycles. The van der Waals surface area contributed by atoms with E-state index in [-0.39, 0.29) is 5.78 Å². The van der Waals surface area contributed by atoms with E-state index in [4.69, 9.17) is 9.47 Å².